The van der Waals surface area contributed by atoms with Gasteiger partial charge in [-0.05, 0) is 55.6 Å². The molecule has 0 saturated heterocycles. The molecular formula is C12H9Br2NO2S. The molecule has 0 aliphatic rings. The Labute approximate surface area is 122 Å². The fourth-order valence-electron chi connectivity index (χ4n) is 1.47. The minimum absolute atomic E-state index is 0.0793. The molecule has 18 heavy (non-hydrogen) atoms. The molecule has 0 bridgehead atoms. The van der Waals surface area contributed by atoms with Gasteiger partial charge in [-0.1, -0.05) is 18.2 Å². The van der Waals surface area contributed by atoms with Crippen LogP contribution in [0.3, 0.4) is 0 Å². The van der Waals surface area contributed by atoms with E-state index in [-0.39, 0.29) is 10.8 Å². The monoisotopic (exact) mass is 389 g/mol. The molecule has 1 heterocycles. The number of pyridine rings is 1. The molecule has 2 rings (SSSR count). The second kappa shape index (κ2) is 5.50. The number of sulfone groups is 1. The van der Waals surface area contributed by atoms with Gasteiger partial charge in [0.2, 0.25) is 0 Å². The van der Waals surface area contributed by atoms with Crippen molar-refractivity contribution < 1.29 is 8.42 Å². The summed E-state index contributed by atoms with van der Waals surface area (Å²) in [5.41, 5.74) is 0.704. The van der Waals surface area contributed by atoms with Crippen molar-refractivity contribution in [3.05, 3.63) is 57.1 Å². The van der Waals surface area contributed by atoms with Crippen LogP contribution < -0.4 is 0 Å². The summed E-state index contributed by atoms with van der Waals surface area (Å²) in [7, 11) is -3.41. The smallest absolute Gasteiger partial charge is 0.199 e. The second-order valence-electron chi connectivity index (χ2n) is 3.64. The Morgan fingerprint density at radius 1 is 1.06 bits per heavy atom. The minimum atomic E-state index is -3.41. The van der Waals surface area contributed by atoms with Gasteiger partial charge in [0.15, 0.2) is 14.9 Å². The molecule has 2 aromatic rings. The highest BCUT2D eigenvalue weighted by Gasteiger charge is 2.18. The molecule has 3 nitrogen and oxygen atoms in total. The molecule has 0 atom stereocenters. The highest BCUT2D eigenvalue weighted by atomic mass is 79.9. The predicted octanol–water partition coefficient (Wildman–Crippen LogP) is 3.58. The van der Waals surface area contributed by atoms with Crippen LogP contribution in [-0.4, -0.2) is 13.4 Å². The van der Waals surface area contributed by atoms with Gasteiger partial charge in [-0.25, -0.2) is 13.4 Å². The Morgan fingerprint density at radius 2 is 1.83 bits per heavy atom. The van der Waals surface area contributed by atoms with E-state index in [0.29, 0.717) is 5.56 Å². The lowest BCUT2D eigenvalue weighted by molar-refractivity contribution is 0.591. The average molecular weight is 391 g/mol. The Kier molecular flexibility index (Phi) is 4.19. The first-order chi connectivity index (χ1) is 8.50. The van der Waals surface area contributed by atoms with Crippen LogP contribution in [0.2, 0.25) is 0 Å². The fraction of sp³-hybridized carbons (Fsp3) is 0.0833. The van der Waals surface area contributed by atoms with E-state index in [1.54, 1.807) is 24.3 Å². The molecule has 0 N–H and O–H groups in total. The molecule has 0 saturated carbocycles. The molecule has 1 aromatic heterocycles. The Hall–Kier alpha value is -0.720. The lowest BCUT2D eigenvalue weighted by Gasteiger charge is -2.07. The summed E-state index contributed by atoms with van der Waals surface area (Å²) < 4.78 is 25.9. The van der Waals surface area contributed by atoms with E-state index in [9.17, 15) is 8.42 Å². The zero-order valence-corrected chi connectivity index (χ0v) is 13.2. The highest BCUT2D eigenvalue weighted by molar-refractivity contribution is 9.13. The number of hydrogen-bond donors (Lipinski definition) is 0. The summed E-state index contributed by atoms with van der Waals surface area (Å²) in [4.78, 5) is 3.88. The summed E-state index contributed by atoms with van der Waals surface area (Å²) >= 11 is 6.73. The quantitative estimate of drug-likeness (QED) is 0.804. The molecule has 1 aromatic carbocycles. The second-order valence-corrected chi connectivity index (χ2v) is 7.22. The third-order valence-corrected chi connectivity index (χ3v) is 6.03. The summed E-state index contributed by atoms with van der Waals surface area (Å²) in [6.07, 6.45) is 1.48. The van der Waals surface area contributed by atoms with Gasteiger partial charge in [-0.15, -0.1) is 0 Å². The molecule has 0 amide bonds. The maximum absolute atomic E-state index is 12.2. The van der Waals surface area contributed by atoms with Gasteiger partial charge >= 0.3 is 0 Å². The van der Waals surface area contributed by atoms with Crippen molar-refractivity contribution in [1.82, 2.24) is 4.98 Å². The van der Waals surface area contributed by atoms with Crippen LogP contribution >= 0.6 is 31.9 Å². The minimum Gasteiger partial charge on any atom is -0.245 e. The van der Waals surface area contributed by atoms with Crippen LogP contribution in [0.5, 0.6) is 0 Å². The number of aromatic nitrogens is 1. The summed E-state index contributed by atoms with van der Waals surface area (Å²) in [6, 6.07) is 10.3. The van der Waals surface area contributed by atoms with Crippen LogP contribution in [0.25, 0.3) is 0 Å². The van der Waals surface area contributed by atoms with Gasteiger partial charge in [0, 0.05) is 15.1 Å². The van der Waals surface area contributed by atoms with Crippen LogP contribution in [0, 0.1) is 0 Å². The van der Waals surface area contributed by atoms with Crippen LogP contribution in [0.15, 0.2) is 56.6 Å². The van der Waals surface area contributed by atoms with Gasteiger partial charge in [-0.2, -0.15) is 0 Å². The zero-order chi connectivity index (χ0) is 13.2. The van der Waals surface area contributed by atoms with E-state index in [1.807, 2.05) is 6.07 Å². The summed E-state index contributed by atoms with van der Waals surface area (Å²) in [6.45, 7) is 0. The Bertz CT molecular complexity index is 657. The molecule has 0 aliphatic carbocycles. The normalized spacial score (nSPS) is 11.4. The number of nitrogens with zero attached hydrogens (tertiary/aromatic N) is 1. The van der Waals surface area contributed by atoms with Crippen LogP contribution in [0.4, 0.5) is 0 Å². The number of hydrogen-bond acceptors (Lipinski definition) is 3. The lowest BCUT2D eigenvalue weighted by atomic mass is 10.2. The molecule has 0 aliphatic heterocycles. The van der Waals surface area contributed by atoms with Crippen molar-refractivity contribution in [2.75, 3.05) is 0 Å². The van der Waals surface area contributed by atoms with E-state index in [4.69, 9.17) is 0 Å². The number of halogens is 2. The van der Waals surface area contributed by atoms with Crippen molar-refractivity contribution >= 4 is 41.7 Å². The van der Waals surface area contributed by atoms with Gasteiger partial charge in [0.1, 0.15) is 0 Å². The van der Waals surface area contributed by atoms with Gasteiger partial charge in [-0.3, -0.25) is 0 Å². The van der Waals surface area contributed by atoms with Gasteiger partial charge in [0.25, 0.3) is 0 Å². The molecule has 0 radical (unpaired) electrons. The summed E-state index contributed by atoms with van der Waals surface area (Å²) in [5, 5.41) is 0.0943. The van der Waals surface area contributed by atoms with E-state index in [0.717, 1.165) is 8.95 Å². The lowest BCUT2D eigenvalue weighted by Crippen LogP contribution is -2.07. The van der Waals surface area contributed by atoms with Crippen LogP contribution in [0.1, 0.15) is 5.56 Å². The van der Waals surface area contributed by atoms with Crippen molar-refractivity contribution in [2.24, 2.45) is 0 Å². The Morgan fingerprint density at radius 3 is 2.50 bits per heavy atom. The van der Waals surface area contributed by atoms with Crippen molar-refractivity contribution in [3.8, 4) is 0 Å². The molecule has 0 fully saturated rings. The SMILES string of the molecule is O=S(=O)(Cc1cccc(Br)c1Br)c1ccccn1. The maximum atomic E-state index is 12.2. The fourth-order valence-corrected chi connectivity index (χ4v) is 3.77. The third-order valence-electron chi connectivity index (χ3n) is 2.33. The predicted molar refractivity (Wildman–Crippen MR) is 77.0 cm³/mol. The van der Waals surface area contributed by atoms with Crippen LogP contribution in [-0.2, 0) is 15.6 Å². The highest BCUT2D eigenvalue weighted by Crippen LogP contribution is 2.28. The van der Waals surface area contributed by atoms with Crippen molar-refractivity contribution in [3.63, 3.8) is 0 Å². The van der Waals surface area contributed by atoms with E-state index in [1.165, 1.54) is 12.3 Å². The van der Waals surface area contributed by atoms with Crippen molar-refractivity contribution in [2.45, 2.75) is 10.8 Å². The van der Waals surface area contributed by atoms with E-state index in [2.05, 4.69) is 36.8 Å². The standard InChI is InChI=1S/C12H9Br2NO2S/c13-10-5-3-4-9(12(10)14)8-18(16,17)11-6-1-2-7-15-11/h1-7H,8H2. The molecule has 6 heteroatoms. The Balaban J connectivity index is 2.37. The van der Waals surface area contributed by atoms with Gasteiger partial charge < -0.3 is 0 Å². The topological polar surface area (TPSA) is 47.0 Å². The number of benzene rings is 1. The first kappa shape index (κ1) is 13.7. The van der Waals surface area contributed by atoms with E-state index < -0.39 is 9.84 Å². The molecule has 94 valence electrons. The maximum Gasteiger partial charge on any atom is 0.199 e. The van der Waals surface area contributed by atoms with Crippen molar-refractivity contribution in [1.29, 1.82) is 0 Å². The van der Waals surface area contributed by atoms with Gasteiger partial charge in [0.05, 0.1) is 5.75 Å². The molecule has 0 spiro atoms. The first-order valence-electron chi connectivity index (χ1n) is 5.07. The zero-order valence-electron chi connectivity index (χ0n) is 9.18. The largest absolute Gasteiger partial charge is 0.245 e. The summed E-state index contributed by atoms with van der Waals surface area (Å²) in [5.74, 6) is -0.0793. The van der Waals surface area contributed by atoms with E-state index >= 15 is 0 Å². The average Bonchev–Trinajstić information content (AvgIpc) is 2.36. The molecule has 0 unspecified atom stereocenters. The first-order valence-corrected chi connectivity index (χ1v) is 8.31. The molecular weight excluding hydrogens is 382 g/mol. The number of rotatable bonds is 3. The third kappa shape index (κ3) is 2.99.